The first-order valence-corrected chi connectivity index (χ1v) is 4.79. The molecule has 0 aliphatic carbocycles. The Morgan fingerprint density at radius 3 is 2.85 bits per heavy atom. The number of rotatable bonds is 3. The molecule has 0 bridgehead atoms. The maximum atomic E-state index is 12.7. The van der Waals surface area contributed by atoms with Crippen molar-refractivity contribution in [3.63, 3.8) is 0 Å². The zero-order chi connectivity index (χ0) is 9.84. The molecule has 4 heteroatoms. The van der Waals surface area contributed by atoms with Gasteiger partial charge in [-0.15, -0.1) is 0 Å². The molecule has 1 N–H and O–H groups in total. The lowest BCUT2D eigenvalue weighted by atomic mass is 10.3. The van der Waals surface area contributed by atoms with E-state index in [1.54, 1.807) is 6.07 Å². The number of halogens is 3. The second-order valence-electron chi connectivity index (χ2n) is 2.50. The smallest absolute Gasteiger partial charge is 0.141 e. The molecule has 0 amide bonds. The van der Waals surface area contributed by atoms with Crippen LogP contribution in [0.15, 0.2) is 29.3 Å². The molecule has 0 radical (unpaired) electrons. The van der Waals surface area contributed by atoms with Gasteiger partial charge in [-0.05, 0) is 18.2 Å². The Balaban J connectivity index is 2.68. The average Bonchev–Trinajstić information content (AvgIpc) is 2.07. The van der Waals surface area contributed by atoms with Crippen LogP contribution in [0.25, 0.3) is 0 Å². The van der Waals surface area contributed by atoms with Crippen molar-refractivity contribution in [1.82, 2.24) is 0 Å². The van der Waals surface area contributed by atoms with Crippen LogP contribution in [0.4, 0.5) is 10.1 Å². The van der Waals surface area contributed by atoms with Gasteiger partial charge in [0, 0.05) is 16.7 Å². The molecule has 1 aromatic carbocycles. The summed E-state index contributed by atoms with van der Waals surface area (Å²) >= 11 is 8.78. The SMILES string of the molecule is C=C(Br)CNc1ccc(F)c(Cl)c1. The summed E-state index contributed by atoms with van der Waals surface area (Å²) < 4.78 is 13.5. The van der Waals surface area contributed by atoms with Gasteiger partial charge in [-0.1, -0.05) is 34.1 Å². The Hall–Kier alpha value is -0.540. The van der Waals surface area contributed by atoms with Crippen LogP contribution in [-0.2, 0) is 0 Å². The quantitative estimate of drug-likeness (QED) is 0.875. The summed E-state index contributed by atoms with van der Waals surface area (Å²) in [5.41, 5.74) is 0.770. The Morgan fingerprint density at radius 1 is 1.62 bits per heavy atom. The van der Waals surface area contributed by atoms with Gasteiger partial charge in [0.05, 0.1) is 5.02 Å². The van der Waals surface area contributed by atoms with Crippen LogP contribution in [-0.4, -0.2) is 6.54 Å². The molecule has 0 aromatic heterocycles. The summed E-state index contributed by atoms with van der Waals surface area (Å²) in [6.07, 6.45) is 0. The normalized spacial score (nSPS) is 9.77. The van der Waals surface area contributed by atoms with Crippen molar-refractivity contribution in [2.24, 2.45) is 0 Å². The van der Waals surface area contributed by atoms with E-state index in [-0.39, 0.29) is 5.02 Å². The molecule has 0 aliphatic heterocycles. The minimum atomic E-state index is -0.412. The topological polar surface area (TPSA) is 12.0 Å². The first-order valence-electron chi connectivity index (χ1n) is 3.62. The van der Waals surface area contributed by atoms with E-state index in [0.717, 1.165) is 10.2 Å². The van der Waals surface area contributed by atoms with Crippen LogP contribution in [0.3, 0.4) is 0 Å². The molecule has 0 fully saturated rings. The van der Waals surface area contributed by atoms with Gasteiger partial charge in [0.15, 0.2) is 0 Å². The highest BCUT2D eigenvalue weighted by Gasteiger charge is 1.99. The lowest BCUT2D eigenvalue weighted by Crippen LogP contribution is -2.00. The monoisotopic (exact) mass is 263 g/mol. The first-order chi connectivity index (χ1) is 6.09. The van der Waals surface area contributed by atoms with Crippen molar-refractivity contribution >= 4 is 33.2 Å². The summed E-state index contributed by atoms with van der Waals surface area (Å²) in [5.74, 6) is -0.412. The average molecular weight is 265 g/mol. The van der Waals surface area contributed by atoms with Crippen molar-refractivity contribution in [3.8, 4) is 0 Å². The van der Waals surface area contributed by atoms with Crippen molar-refractivity contribution in [3.05, 3.63) is 40.1 Å². The summed E-state index contributed by atoms with van der Waals surface area (Å²) in [6, 6.07) is 4.48. The Bertz CT molecular complexity index is 327. The van der Waals surface area contributed by atoms with E-state index in [0.29, 0.717) is 6.54 Å². The van der Waals surface area contributed by atoms with E-state index in [9.17, 15) is 4.39 Å². The number of anilines is 1. The zero-order valence-corrected chi connectivity index (χ0v) is 9.12. The summed E-state index contributed by atoms with van der Waals surface area (Å²) in [6.45, 7) is 4.24. The molecule has 13 heavy (non-hydrogen) atoms. The highest BCUT2D eigenvalue weighted by atomic mass is 79.9. The van der Waals surface area contributed by atoms with Crippen molar-refractivity contribution < 1.29 is 4.39 Å². The number of nitrogens with one attached hydrogen (secondary N) is 1. The highest BCUT2D eigenvalue weighted by Crippen LogP contribution is 2.19. The van der Waals surface area contributed by atoms with E-state index in [4.69, 9.17) is 11.6 Å². The predicted octanol–water partition coefficient (Wildman–Crippen LogP) is 3.80. The minimum absolute atomic E-state index is 0.116. The summed E-state index contributed by atoms with van der Waals surface area (Å²) in [5, 5.41) is 3.13. The van der Waals surface area contributed by atoms with Gasteiger partial charge in [-0.3, -0.25) is 0 Å². The zero-order valence-electron chi connectivity index (χ0n) is 6.78. The Kier molecular flexibility index (Phi) is 3.75. The number of hydrogen-bond donors (Lipinski definition) is 1. The fraction of sp³-hybridized carbons (Fsp3) is 0.111. The maximum absolute atomic E-state index is 12.7. The van der Waals surface area contributed by atoms with Gasteiger partial charge in [0.2, 0.25) is 0 Å². The van der Waals surface area contributed by atoms with Crippen LogP contribution in [0.5, 0.6) is 0 Å². The molecule has 0 saturated heterocycles. The van der Waals surface area contributed by atoms with Gasteiger partial charge in [-0.25, -0.2) is 4.39 Å². The second-order valence-corrected chi connectivity index (χ2v) is 4.03. The largest absolute Gasteiger partial charge is 0.380 e. The van der Waals surface area contributed by atoms with Crippen LogP contribution in [0, 0.1) is 5.82 Å². The highest BCUT2D eigenvalue weighted by molar-refractivity contribution is 9.11. The number of hydrogen-bond acceptors (Lipinski definition) is 1. The molecule has 0 heterocycles. The molecule has 0 atom stereocenters. The van der Waals surface area contributed by atoms with Crippen LogP contribution in [0.2, 0.25) is 5.02 Å². The van der Waals surface area contributed by atoms with Crippen molar-refractivity contribution in [2.75, 3.05) is 11.9 Å². The molecule has 1 aromatic rings. The molecule has 0 saturated carbocycles. The van der Waals surface area contributed by atoms with Crippen LogP contribution < -0.4 is 5.32 Å². The third kappa shape index (κ3) is 3.36. The van der Waals surface area contributed by atoms with E-state index in [2.05, 4.69) is 27.8 Å². The van der Waals surface area contributed by atoms with E-state index < -0.39 is 5.82 Å². The molecule has 0 unspecified atom stereocenters. The fourth-order valence-electron chi connectivity index (χ4n) is 0.804. The molecule has 1 nitrogen and oxygen atoms in total. The molecule has 0 aliphatic rings. The summed E-state index contributed by atoms with van der Waals surface area (Å²) in [7, 11) is 0. The van der Waals surface area contributed by atoms with Crippen molar-refractivity contribution in [2.45, 2.75) is 0 Å². The van der Waals surface area contributed by atoms with E-state index in [1.807, 2.05) is 0 Å². The van der Waals surface area contributed by atoms with E-state index >= 15 is 0 Å². The second kappa shape index (κ2) is 4.63. The molecular formula is C9H8BrClFN. The summed E-state index contributed by atoms with van der Waals surface area (Å²) in [4.78, 5) is 0. The lowest BCUT2D eigenvalue weighted by Gasteiger charge is -2.05. The van der Waals surface area contributed by atoms with E-state index in [1.165, 1.54) is 12.1 Å². The van der Waals surface area contributed by atoms with Gasteiger partial charge >= 0.3 is 0 Å². The third-order valence-corrected chi connectivity index (χ3v) is 1.97. The van der Waals surface area contributed by atoms with Gasteiger partial charge in [0.1, 0.15) is 5.82 Å². The fourth-order valence-corrected chi connectivity index (χ4v) is 1.12. The van der Waals surface area contributed by atoms with Gasteiger partial charge in [-0.2, -0.15) is 0 Å². The Labute approximate surface area is 89.7 Å². The standard InChI is InChI=1S/C9H8BrClFN/c1-6(10)5-13-7-2-3-9(12)8(11)4-7/h2-4,13H,1,5H2. The van der Waals surface area contributed by atoms with Gasteiger partial charge < -0.3 is 5.32 Å². The minimum Gasteiger partial charge on any atom is -0.380 e. The molecule has 0 spiro atoms. The first kappa shape index (κ1) is 10.5. The van der Waals surface area contributed by atoms with Crippen LogP contribution in [0.1, 0.15) is 0 Å². The third-order valence-electron chi connectivity index (χ3n) is 1.40. The maximum Gasteiger partial charge on any atom is 0.141 e. The predicted molar refractivity (Wildman–Crippen MR) is 58.0 cm³/mol. The van der Waals surface area contributed by atoms with Gasteiger partial charge in [0.25, 0.3) is 0 Å². The lowest BCUT2D eigenvalue weighted by molar-refractivity contribution is 0.628. The van der Waals surface area contributed by atoms with Crippen molar-refractivity contribution in [1.29, 1.82) is 0 Å². The molecule has 70 valence electrons. The van der Waals surface area contributed by atoms with Crippen LogP contribution >= 0.6 is 27.5 Å². The molecular weight excluding hydrogens is 256 g/mol. The molecule has 1 rings (SSSR count). The Morgan fingerprint density at radius 2 is 2.31 bits per heavy atom. The number of benzene rings is 1.